The summed E-state index contributed by atoms with van der Waals surface area (Å²) in [6.45, 7) is 8.67. The average molecular weight is 268 g/mol. The van der Waals surface area contributed by atoms with Crippen molar-refractivity contribution in [2.24, 2.45) is 0 Å². The number of benzene rings is 1. The molecule has 0 bridgehead atoms. The summed E-state index contributed by atoms with van der Waals surface area (Å²) < 4.78 is 13.5. The van der Waals surface area contributed by atoms with Crippen molar-refractivity contribution in [3.63, 3.8) is 0 Å². The number of thioether (sulfide) groups is 1. The first-order valence-corrected chi connectivity index (χ1v) is 7.41. The molecule has 1 aromatic rings. The number of hydrogen-bond acceptors (Lipinski definition) is 3. The molecule has 2 rings (SSSR count). The third-order valence-corrected chi connectivity index (χ3v) is 4.46. The highest BCUT2D eigenvalue weighted by Crippen LogP contribution is 2.23. The van der Waals surface area contributed by atoms with Gasteiger partial charge in [0.2, 0.25) is 0 Å². The predicted octanol–water partition coefficient (Wildman–Crippen LogP) is 2.60. The third kappa shape index (κ3) is 3.46. The zero-order valence-corrected chi connectivity index (χ0v) is 11.9. The first-order chi connectivity index (χ1) is 8.59. The number of halogens is 1. The lowest BCUT2D eigenvalue weighted by molar-refractivity contribution is 0.0986. The van der Waals surface area contributed by atoms with Crippen LogP contribution in [-0.4, -0.2) is 42.4 Å². The molecule has 0 aromatic heterocycles. The predicted molar refractivity (Wildman–Crippen MR) is 75.6 cm³/mol. The van der Waals surface area contributed by atoms with Crippen LogP contribution in [-0.2, 0) is 0 Å². The second kappa shape index (κ2) is 6.04. The Labute approximate surface area is 113 Å². The van der Waals surface area contributed by atoms with Crippen LogP contribution in [0, 0.1) is 5.82 Å². The van der Waals surface area contributed by atoms with Gasteiger partial charge in [-0.2, -0.15) is 0 Å². The van der Waals surface area contributed by atoms with Crippen LogP contribution in [0.1, 0.15) is 13.8 Å². The fourth-order valence-electron chi connectivity index (χ4n) is 2.26. The summed E-state index contributed by atoms with van der Waals surface area (Å²) >= 11 is 1.60. The lowest BCUT2D eigenvalue weighted by Gasteiger charge is -2.42. The zero-order valence-electron chi connectivity index (χ0n) is 11.1. The highest BCUT2D eigenvalue weighted by atomic mass is 32.2. The maximum atomic E-state index is 13.5. The minimum atomic E-state index is -0.109. The Morgan fingerprint density at radius 3 is 2.89 bits per heavy atom. The molecule has 1 aliphatic rings. The molecule has 0 saturated carbocycles. The Hall–Kier alpha value is -0.580. The first-order valence-electron chi connectivity index (χ1n) is 6.43. The molecule has 0 spiro atoms. The van der Waals surface area contributed by atoms with E-state index in [2.05, 4.69) is 24.1 Å². The smallest absolute Gasteiger partial charge is 0.136 e. The molecule has 100 valence electrons. The SMILES string of the molecule is CC1(C)CNCCN1CCSc1ccccc1F. The molecule has 1 saturated heterocycles. The summed E-state index contributed by atoms with van der Waals surface area (Å²) in [5.74, 6) is 0.826. The van der Waals surface area contributed by atoms with E-state index in [-0.39, 0.29) is 11.4 Å². The standard InChI is InChI=1S/C14H21FN2S/c1-14(2)11-16-7-8-17(14)9-10-18-13-6-4-3-5-12(13)15/h3-6,16H,7-11H2,1-2H3. The van der Waals surface area contributed by atoms with E-state index in [0.717, 1.165) is 36.8 Å². The van der Waals surface area contributed by atoms with Gasteiger partial charge in [-0.25, -0.2) is 4.39 Å². The second-order valence-electron chi connectivity index (χ2n) is 5.26. The lowest BCUT2D eigenvalue weighted by Crippen LogP contribution is -2.58. The molecular weight excluding hydrogens is 247 g/mol. The van der Waals surface area contributed by atoms with Crippen molar-refractivity contribution in [1.82, 2.24) is 10.2 Å². The molecule has 18 heavy (non-hydrogen) atoms. The van der Waals surface area contributed by atoms with E-state index in [9.17, 15) is 4.39 Å². The topological polar surface area (TPSA) is 15.3 Å². The quantitative estimate of drug-likeness (QED) is 0.845. The van der Waals surface area contributed by atoms with Crippen LogP contribution < -0.4 is 5.32 Å². The lowest BCUT2D eigenvalue weighted by atomic mass is 10.0. The Morgan fingerprint density at radius 1 is 1.39 bits per heavy atom. The van der Waals surface area contributed by atoms with Gasteiger partial charge < -0.3 is 5.32 Å². The highest BCUT2D eigenvalue weighted by molar-refractivity contribution is 7.99. The van der Waals surface area contributed by atoms with E-state index < -0.39 is 0 Å². The van der Waals surface area contributed by atoms with E-state index in [0.29, 0.717) is 0 Å². The van der Waals surface area contributed by atoms with Gasteiger partial charge in [-0.05, 0) is 26.0 Å². The summed E-state index contributed by atoms with van der Waals surface area (Å²) in [4.78, 5) is 3.24. The minimum absolute atomic E-state index is 0.109. The van der Waals surface area contributed by atoms with Gasteiger partial charge in [0, 0.05) is 42.4 Å². The van der Waals surface area contributed by atoms with Gasteiger partial charge in [-0.15, -0.1) is 11.8 Å². The summed E-state index contributed by atoms with van der Waals surface area (Å²) in [6, 6.07) is 7.00. The molecule has 0 radical (unpaired) electrons. The van der Waals surface area contributed by atoms with E-state index in [4.69, 9.17) is 0 Å². The number of hydrogen-bond donors (Lipinski definition) is 1. The Kier molecular flexibility index (Phi) is 4.65. The molecule has 0 amide bonds. The maximum Gasteiger partial charge on any atom is 0.136 e. The molecule has 1 N–H and O–H groups in total. The van der Waals surface area contributed by atoms with Crippen LogP contribution in [0.4, 0.5) is 4.39 Å². The van der Waals surface area contributed by atoms with Crippen LogP contribution in [0.25, 0.3) is 0 Å². The molecule has 0 unspecified atom stereocenters. The molecule has 0 aliphatic carbocycles. The molecule has 0 atom stereocenters. The molecule has 2 nitrogen and oxygen atoms in total. The summed E-state index contributed by atoms with van der Waals surface area (Å²) in [7, 11) is 0. The number of rotatable bonds is 4. The number of piperazine rings is 1. The van der Waals surface area contributed by atoms with Crippen molar-refractivity contribution in [1.29, 1.82) is 0 Å². The number of nitrogens with zero attached hydrogens (tertiary/aromatic N) is 1. The van der Waals surface area contributed by atoms with Crippen LogP contribution in [0.3, 0.4) is 0 Å². The maximum absolute atomic E-state index is 13.5. The minimum Gasteiger partial charge on any atom is -0.314 e. The van der Waals surface area contributed by atoms with Crippen molar-refractivity contribution < 1.29 is 4.39 Å². The third-order valence-electron chi connectivity index (χ3n) is 3.43. The van der Waals surface area contributed by atoms with E-state index in [1.807, 2.05) is 12.1 Å². The summed E-state index contributed by atoms with van der Waals surface area (Å²) in [6.07, 6.45) is 0. The second-order valence-corrected chi connectivity index (χ2v) is 6.39. The fraction of sp³-hybridized carbons (Fsp3) is 0.571. The summed E-state index contributed by atoms with van der Waals surface area (Å²) in [5, 5.41) is 3.41. The van der Waals surface area contributed by atoms with Gasteiger partial charge in [0.1, 0.15) is 5.82 Å². The van der Waals surface area contributed by atoms with Crippen LogP contribution in [0.5, 0.6) is 0 Å². The van der Waals surface area contributed by atoms with Crippen LogP contribution in [0.2, 0.25) is 0 Å². The van der Waals surface area contributed by atoms with Crippen molar-refractivity contribution in [2.45, 2.75) is 24.3 Å². The molecule has 1 aromatic carbocycles. The van der Waals surface area contributed by atoms with Gasteiger partial charge >= 0.3 is 0 Å². The zero-order chi connectivity index (χ0) is 13.0. The molecular formula is C14H21FN2S. The van der Waals surface area contributed by atoms with E-state index in [1.54, 1.807) is 17.8 Å². The van der Waals surface area contributed by atoms with Crippen molar-refractivity contribution in [3.05, 3.63) is 30.1 Å². The fourth-order valence-corrected chi connectivity index (χ4v) is 3.18. The molecule has 1 aliphatic heterocycles. The first kappa shape index (κ1) is 13.8. The Balaban J connectivity index is 1.83. The highest BCUT2D eigenvalue weighted by Gasteiger charge is 2.28. The van der Waals surface area contributed by atoms with Gasteiger partial charge in [-0.1, -0.05) is 12.1 Å². The van der Waals surface area contributed by atoms with Gasteiger partial charge in [0.15, 0.2) is 0 Å². The van der Waals surface area contributed by atoms with E-state index >= 15 is 0 Å². The molecule has 4 heteroatoms. The monoisotopic (exact) mass is 268 g/mol. The van der Waals surface area contributed by atoms with Crippen LogP contribution >= 0.6 is 11.8 Å². The normalized spacial score (nSPS) is 19.9. The molecule has 1 fully saturated rings. The van der Waals surface area contributed by atoms with Crippen LogP contribution in [0.15, 0.2) is 29.2 Å². The Bertz CT molecular complexity index is 395. The van der Waals surface area contributed by atoms with Crippen molar-refractivity contribution in [2.75, 3.05) is 31.9 Å². The Morgan fingerprint density at radius 2 is 2.17 bits per heavy atom. The largest absolute Gasteiger partial charge is 0.314 e. The van der Waals surface area contributed by atoms with Crippen molar-refractivity contribution >= 4 is 11.8 Å². The summed E-state index contributed by atoms with van der Waals surface area (Å²) in [5.41, 5.74) is 0.202. The van der Waals surface area contributed by atoms with Gasteiger partial charge in [0.05, 0.1) is 0 Å². The van der Waals surface area contributed by atoms with Crippen molar-refractivity contribution in [3.8, 4) is 0 Å². The van der Waals surface area contributed by atoms with E-state index in [1.165, 1.54) is 6.07 Å². The van der Waals surface area contributed by atoms with Gasteiger partial charge in [0.25, 0.3) is 0 Å². The van der Waals surface area contributed by atoms with Gasteiger partial charge in [-0.3, -0.25) is 4.90 Å². The molecule has 1 heterocycles. The average Bonchev–Trinajstić information content (AvgIpc) is 2.33. The number of nitrogens with one attached hydrogen (secondary N) is 1.